The van der Waals surface area contributed by atoms with Gasteiger partial charge in [-0.25, -0.2) is 0 Å². The average Bonchev–Trinajstić information content (AvgIpc) is 2.77. The van der Waals surface area contributed by atoms with E-state index in [0.29, 0.717) is 36.0 Å². The molecule has 3 amide bonds. The molecule has 0 bridgehead atoms. The van der Waals surface area contributed by atoms with Gasteiger partial charge in [-0.1, -0.05) is 0 Å². The molecule has 9 nitrogen and oxygen atoms in total. The number of carbonyl (C=O) groups excluding carboxylic acids is 3. The molecule has 3 N–H and O–H groups in total. The summed E-state index contributed by atoms with van der Waals surface area (Å²) in [7, 11) is 1.47. The maximum atomic E-state index is 12.2. The first-order valence-electron chi connectivity index (χ1n) is 9.39. The van der Waals surface area contributed by atoms with Crippen LogP contribution in [0.25, 0.3) is 0 Å². The van der Waals surface area contributed by atoms with Crippen molar-refractivity contribution in [3.05, 3.63) is 53.6 Å². The van der Waals surface area contributed by atoms with E-state index < -0.39 is 17.7 Å². The number of carbonyl (C=O) groups is 3. The van der Waals surface area contributed by atoms with Crippen LogP contribution in [0, 0.1) is 0 Å². The van der Waals surface area contributed by atoms with Gasteiger partial charge in [0.2, 0.25) is 0 Å². The summed E-state index contributed by atoms with van der Waals surface area (Å²) in [5.41, 5.74) is 5.19. The first-order valence-corrected chi connectivity index (χ1v) is 9.39. The highest BCUT2D eigenvalue weighted by atomic mass is 16.5. The van der Waals surface area contributed by atoms with Crippen molar-refractivity contribution in [2.45, 2.75) is 13.8 Å². The van der Waals surface area contributed by atoms with Gasteiger partial charge in [-0.3, -0.25) is 25.2 Å². The second-order valence-electron chi connectivity index (χ2n) is 5.94. The molecule has 0 spiro atoms. The molecule has 2 aromatic rings. The van der Waals surface area contributed by atoms with Gasteiger partial charge in [0.1, 0.15) is 5.75 Å². The minimum Gasteiger partial charge on any atom is -0.494 e. The number of benzene rings is 2. The molecule has 0 fully saturated rings. The quantitative estimate of drug-likeness (QED) is 0.537. The van der Waals surface area contributed by atoms with Gasteiger partial charge in [-0.05, 0) is 56.3 Å². The molecule has 2 rings (SSSR count). The molecule has 0 aliphatic rings. The Kier molecular flexibility index (Phi) is 8.49. The Morgan fingerprint density at radius 2 is 1.47 bits per heavy atom. The topological polar surface area (TPSA) is 115 Å². The van der Waals surface area contributed by atoms with Crippen molar-refractivity contribution in [2.24, 2.45) is 0 Å². The number of hydrogen-bond donors (Lipinski definition) is 3. The Hall–Kier alpha value is -3.75. The Morgan fingerprint density at radius 3 is 2.10 bits per heavy atom. The maximum Gasteiger partial charge on any atom is 0.269 e. The third-order valence-corrected chi connectivity index (χ3v) is 3.88. The van der Waals surface area contributed by atoms with Crippen molar-refractivity contribution < 1.29 is 28.6 Å². The lowest BCUT2D eigenvalue weighted by Gasteiger charge is -2.12. The van der Waals surface area contributed by atoms with Gasteiger partial charge in [0.15, 0.2) is 11.5 Å². The second kappa shape index (κ2) is 11.3. The highest BCUT2D eigenvalue weighted by Crippen LogP contribution is 2.27. The Labute approximate surface area is 174 Å². The first-order chi connectivity index (χ1) is 14.5. The van der Waals surface area contributed by atoms with E-state index >= 15 is 0 Å². The summed E-state index contributed by atoms with van der Waals surface area (Å²) in [5.74, 6) is 0.0234. The molecule has 0 unspecified atom stereocenters. The summed E-state index contributed by atoms with van der Waals surface area (Å²) >= 11 is 0. The van der Waals surface area contributed by atoms with E-state index in [1.807, 2.05) is 13.8 Å². The SMILES string of the molecule is CCOc1ccc(C(=O)NCC(=O)NNC(=O)c2ccc(OCC)c(OC)c2)cc1. The Balaban J connectivity index is 1.82. The number of nitrogens with one attached hydrogen (secondary N) is 3. The van der Waals surface area contributed by atoms with E-state index in [1.165, 1.54) is 13.2 Å². The van der Waals surface area contributed by atoms with Crippen LogP contribution < -0.4 is 30.4 Å². The molecule has 0 heterocycles. The molecule has 2 aromatic carbocycles. The van der Waals surface area contributed by atoms with Crippen LogP contribution in [0.5, 0.6) is 17.2 Å². The molecular weight excluding hydrogens is 390 g/mol. The third kappa shape index (κ3) is 6.40. The van der Waals surface area contributed by atoms with E-state index in [-0.39, 0.29) is 12.1 Å². The highest BCUT2D eigenvalue weighted by molar-refractivity contribution is 5.98. The standard InChI is InChI=1S/C21H25N3O6/c1-4-29-16-9-6-14(7-10-16)20(26)22-13-19(25)23-24-21(27)15-8-11-17(30-5-2)18(12-15)28-3/h6-12H,4-5,13H2,1-3H3,(H,22,26)(H,23,25)(H,24,27). The van der Waals surface area contributed by atoms with Gasteiger partial charge in [0.25, 0.3) is 17.7 Å². The predicted octanol–water partition coefficient (Wildman–Crippen LogP) is 1.68. The van der Waals surface area contributed by atoms with Gasteiger partial charge in [0, 0.05) is 11.1 Å². The van der Waals surface area contributed by atoms with E-state index in [0.717, 1.165) is 0 Å². The number of hydrogen-bond acceptors (Lipinski definition) is 6. The van der Waals surface area contributed by atoms with Crippen LogP contribution in [0.2, 0.25) is 0 Å². The molecule has 0 aromatic heterocycles. The maximum absolute atomic E-state index is 12.2. The normalized spacial score (nSPS) is 9.97. The number of rotatable bonds is 9. The summed E-state index contributed by atoms with van der Waals surface area (Å²) in [6.45, 7) is 4.38. The number of amides is 3. The Bertz CT molecular complexity index is 883. The van der Waals surface area contributed by atoms with Crippen LogP contribution in [0.3, 0.4) is 0 Å². The van der Waals surface area contributed by atoms with Crippen molar-refractivity contribution in [1.29, 1.82) is 0 Å². The number of ether oxygens (including phenoxy) is 3. The van der Waals surface area contributed by atoms with Crippen molar-refractivity contribution in [3.63, 3.8) is 0 Å². The molecule has 160 valence electrons. The van der Waals surface area contributed by atoms with Gasteiger partial charge < -0.3 is 19.5 Å². The lowest BCUT2D eigenvalue weighted by atomic mass is 10.2. The third-order valence-electron chi connectivity index (χ3n) is 3.88. The van der Waals surface area contributed by atoms with Crippen molar-refractivity contribution in [3.8, 4) is 17.2 Å². The lowest BCUT2D eigenvalue weighted by Crippen LogP contribution is -2.46. The molecule has 0 saturated heterocycles. The van der Waals surface area contributed by atoms with E-state index in [9.17, 15) is 14.4 Å². The molecule has 0 radical (unpaired) electrons. The van der Waals surface area contributed by atoms with Gasteiger partial charge in [0.05, 0.1) is 26.9 Å². The number of methoxy groups -OCH3 is 1. The molecule has 0 saturated carbocycles. The van der Waals surface area contributed by atoms with Crippen LogP contribution in [-0.2, 0) is 4.79 Å². The summed E-state index contributed by atoms with van der Waals surface area (Å²) in [5, 5.41) is 2.47. The van der Waals surface area contributed by atoms with Crippen LogP contribution in [-0.4, -0.2) is 44.6 Å². The molecule has 9 heteroatoms. The fraction of sp³-hybridized carbons (Fsp3) is 0.286. The lowest BCUT2D eigenvalue weighted by molar-refractivity contribution is -0.120. The smallest absolute Gasteiger partial charge is 0.269 e. The largest absolute Gasteiger partial charge is 0.494 e. The van der Waals surface area contributed by atoms with Crippen LogP contribution in [0.4, 0.5) is 0 Å². The van der Waals surface area contributed by atoms with E-state index in [4.69, 9.17) is 14.2 Å². The van der Waals surface area contributed by atoms with Crippen molar-refractivity contribution in [2.75, 3.05) is 26.9 Å². The zero-order valence-corrected chi connectivity index (χ0v) is 17.1. The van der Waals surface area contributed by atoms with Crippen LogP contribution >= 0.6 is 0 Å². The number of hydrazine groups is 1. The molecule has 0 aliphatic carbocycles. The average molecular weight is 415 g/mol. The van der Waals surface area contributed by atoms with Crippen LogP contribution in [0.1, 0.15) is 34.6 Å². The fourth-order valence-corrected chi connectivity index (χ4v) is 2.46. The predicted molar refractivity (Wildman–Crippen MR) is 110 cm³/mol. The van der Waals surface area contributed by atoms with Gasteiger partial charge in [-0.15, -0.1) is 0 Å². The Morgan fingerprint density at radius 1 is 0.800 bits per heavy atom. The first kappa shape index (κ1) is 22.5. The zero-order chi connectivity index (χ0) is 21.9. The molecule has 0 atom stereocenters. The van der Waals surface area contributed by atoms with E-state index in [2.05, 4.69) is 16.2 Å². The minimum absolute atomic E-state index is 0.272. The zero-order valence-electron chi connectivity index (χ0n) is 17.1. The molecule has 30 heavy (non-hydrogen) atoms. The van der Waals surface area contributed by atoms with Crippen molar-refractivity contribution in [1.82, 2.24) is 16.2 Å². The highest BCUT2D eigenvalue weighted by Gasteiger charge is 2.13. The molecular formula is C21H25N3O6. The summed E-state index contributed by atoms with van der Waals surface area (Å²) < 4.78 is 15.9. The monoisotopic (exact) mass is 415 g/mol. The van der Waals surface area contributed by atoms with Crippen molar-refractivity contribution >= 4 is 17.7 Å². The summed E-state index contributed by atoms with van der Waals surface area (Å²) in [6.07, 6.45) is 0. The molecule has 0 aliphatic heterocycles. The van der Waals surface area contributed by atoms with Gasteiger partial charge in [-0.2, -0.15) is 0 Å². The summed E-state index contributed by atoms with van der Waals surface area (Å²) in [4.78, 5) is 36.2. The van der Waals surface area contributed by atoms with Gasteiger partial charge >= 0.3 is 0 Å². The van der Waals surface area contributed by atoms with Crippen LogP contribution in [0.15, 0.2) is 42.5 Å². The summed E-state index contributed by atoms with van der Waals surface area (Å²) in [6, 6.07) is 11.2. The van der Waals surface area contributed by atoms with E-state index in [1.54, 1.807) is 36.4 Å². The fourth-order valence-electron chi connectivity index (χ4n) is 2.46. The minimum atomic E-state index is -0.583. The second-order valence-corrected chi connectivity index (χ2v) is 5.94.